The monoisotopic (exact) mass is 181 g/mol. The van der Waals surface area contributed by atoms with Crippen LogP contribution in [0.25, 0.3) is 0 Å². The van der Waals surface area contributed by atoms with Crippen LogP contribution in [0.3, 0.4) is 0 Å². The van der Waals surface area contributed by atoms with Crippen LogP contribution in [0.1, 0.15) is 5.56 Å². The molecule has 3 heteroatoms. The summed E-state index contributed by atoms with van der Waals surface area (Å²) in [6.07, 6.45) is 0. The average molecular weight is 182 g/mol. The van der Waals surface area contributed by atoms with E-state index in [0.29, 0.717) is 0 Å². The zero-order valence-electron chi connectivity index (χ0n) is 6.60. The maximum Gasteiger partial charge on any atom is 0.275 e. The molecule has 0 saturated carbocycles. The summed E-state index contributed by atoms with van der Waals surface area (Å²) in [7, 11) is 0. The molecule has 0 bridgehead atoms. The highest BCUT2D eigenvalue weighted by molar-refractivity contribution is 6.30. The van der Waals surface area contributed by atoms with Gasteiger partial charge in [-0.25, -0.2) is 0 Å². The molecule has 1 aliphatic heterocycles. The van der Waals surface area contributed by atoms with E-state index in [1.807, 2.05) is 24.3 Å². The van der Waals surface area contributed by atoms with Gasteiger partial charge in [0.25, 0.3) is 5.84 Å². The molecule has 1 aromatic carbocycles. The van der Waals surface area contributed by atoms with E-state index in [0.717, 1.165) is 29.5 Å². The molecule has 0 radical (unpaired) electrons. The second kappa shape index (κ2) is 3.15. The van der Waals surface area contributed by atoms with Gasteiger partial charge < -0.3 is 0 Å². The number of halogens is 1. The number of benzene rings is 1. The smallest absolute Gasteiger partial charge is 0.270 e. The second-order valence-corrected chi connectivity index (χ2v) is 3.17. The molecule has 0 atom stereocenters. The molecular formula is C9H10ClN2+. The molecule has 62 valence electrons. The molecule has 0 unspecified atom stereocenters. The van der Waals surface area contributed by atoms with Gasteiger partial charge >= 0.3 is 0 Å². The fourth-order valence-electron chi connectivity index (χ4n) is 1.26. The summed E-state index contributed by atoms with van der Waals surface area (Å²) < 4.78 is 0. The first kappa shape index (κ1) is 7.62. The molecule has 12 heavy (non-hydrogen) atoms. The molecule has 0 aromatic heterocycles. The Balaban J connectivity index is 2.28. The number of hydrogen-bond donors (Lipinski definition) is 2. The zero-order valence-corrected chi connectivity index (χ0v) is 7.36. The summed E-state index contributed by atoms with van der Waals surface area (Å²) >= 11 is 5.77. The molecule has 1 heterocycles. The summed E-state index contributed by atoms with van der Waals surface area (Å²) in [5.74, 6) is 1.10. The van der Waals surface area contributed by atoms with Crippen LogP contribution >= 0.6 is 11.6 Å². The Kier molecular flexibility index (Phi) is 2.00. The van der Waals surface area contributed by atoms with Crippen molar-refractivity contribution in [2.75, 3.05) is 13.1 Å². The summed E-state index contributed by atoms with van der Waals surface area (Å²) in [6.45, 7) is 2.00. The average Bonchev–Trinajstić information content (AvgIpc) is 2.58. The number of hydrogen-bond acceptors (Lipinski definition) is 1. The van der Waals surface area contributed by atoms with Gasteiger partial charge in [0.1, 0.15) is 13.1 Å². The van der Waals surface area contributed by atoms with E-state index in [4.69, 9.17) is 11.6 Å². The Hall–Kier alpha value is -1.02. The first-order valence-electron chi connectivity index (χ1n) is 3.97. The molecule has 0 spiro atoms. The van der Waals surface area contributed by atoms with Gasteiger partial charge in [-0.1, -0.05) is 11.6 Å². The van der Waals surface area contributed by atoms with Crippen molar-refractivity contribution in [1.29, 1.82) is 0 Å². The van der Waals surface area contributed by atoms with E-state index >= 15 is 0 Å². The maximum atomic E-state index is 5.77. The van der Waals surface area contributed by atoms with Gasteiger partial charge in [0.15, 0.2) is 0 Å². The number of amidine groups is 1. The van der Waals surface area contributed by atoms with Crippen LogP contribution in [0.5, 0.6) is 0 Å². The third-order valence-electron chi connectivity index (χ3n) is 1.86. The van der Waals surface area contributed by atoms with Crippen molar-refractivity contribution in [1.82, 2.24) is 5.32 Å². The zero-order chi connectivity index (χ0) is 8.39. The van der Waals surface area contributed by atoms with Crippen molar-refractivity contribution >= 4 is 17.4 Å². The first-order chi connectivity index (χ1) is 5.86. The Morgan fingerprint density at radius 2 is 2.00 bits per heavy atom. The first-order valence-corrected chi connectivity index (χ1v) is 4.35. The Morgan fingerprint density at radius 3 is 2.58 bits per heavy atom. The van der Waals surface area contributed by atoms with Crippen molar-refractivity contribution in [2.24, 2.45) is 0 Å². The SMILES string of the molecule is Clc1ccc(C2=[NH+]CCN2)cc1. The molecule has 0 amide bonds. The van der Waals surface area contributed by atoms with Crippen LogP contribution in [0.2, 0.25) is 5.02 Å². The molecule has 2 N–H and O–H groups in total. The summed E-state index contributed by atoms with van der Waals surface area (Å²) in [5, 5.41) is 4.03. The lowest BCUT2D eigenvalue weighted by Gasteiger charge is -1.95. The number of rotatable bonds is 1. The molecule has 1 aromatic rings. The van der Waals surface area contributed by atoms with E-state index in [1.165, 1.54) is 0 Å². The molecular weight excluding hydrogens is 172 g/mol. The highest BCUT2D eigenvalue weighted by Crippen LogP contribution is 2.08. The predicted octanol–water partition coefficient (Wildman–Crippen LogP) is -0.230. The summed E-state index contributed by atoms with van der Waals surface area (Å²) in [4.78, 5) is 3.25. The molecule has 0 aliphatic carbocycles. The van der Waals surface area contributed by atoms with Crippen LogP contribution < -0.4 is 10.3 Å². The largest absolute Gasteiger partial charge is 0.275 e. The normalized spacial score (nSPS) is 15.6. The van der Waals surface area contributed by atoms with Crippen LogP contribution in [-0.2, 0) is 0 Å². The quantitative estimate of drug-likeness (QED) is 0.615. The maximum absolute atomic E-state index is 5.77. The Labute approximate surface area is 76.3 Å². The number of nitrogens with one attached hydrogen (secondary N) is 2. The molecule has 2 nitrogen and oxygen atoms in total. The Morgan fingerprint density at radius 1 is 1.25 bits per heavy atom. The van der Waals surface area contributed by atoms with Gasteiger partial charge in [-0.2, -0.15) is 0 Å². The minimum atomic E-state index is 0.775. The lowest BCUT2D eigenvalue weighted by molar-refractivity contribution is -0.444. The van der Waals surface area contributed by atoms with Gasteiger partial charge in [0.2, 0.25) is 0 Å². The highest BCUT2D eigenvalue weighted by Gasteiger charge is 2.13. The van der Waals surface area contributed by atoms with Gasteiger partial charge in [0, 0.05) is 5.02 Å². The van der Waals surface area contributed by atoms with Gasteiger partial charge in [-0.05, 0) is 24.3 Å². The van der Waals surface area contributed by atoms with E-state index < -0.39 is 0 Å². The van der Waals surface area contributed by atoms with Crippen LogP contribution in [0.15, 0.2) is 24.3 Å². The standard InChI is InChI=1S/C9H9ClN2/c10-8-3-1-7(2-4-8)9-11-5-6-12-9/h1-4H,5-6H2,(H,11,12)/p+1. The lowest BCUT2D eigenvalue weighted by atomic mass is 10.2. The predicted molar refractivity (Wildman–Crippen MR) is 49.4 cm³/mol. The molecule has 0 saturated heterocycles. The fourth-order valence-corrected chi connectivity index (χ4v) is 1.38. The molecule has 0 fully saturated rings. The van der Waals surface area contributed by atoms with E-state index in [1.54, 1.807) is 0 Å². The van der Waals surface area contributed by atoms with E-state index in [2.05, 4.69) is 10.3 Å². The highest BCUT2D eigenvalue weighted by atomic mass is 35.5. The van der Waals surface area contributed by atoms with E-state index in [-0.39, 0.29) is 0 Å². The third-order valence-corrected chi connectivity index (χ3v) is 2.11. The van der Waals surface area contributed by atoms with Crippen molar-refractivity contribution in [3.63, 3.8) is 0 Å². The van der Waals surface area contributed by atoms with Crippen molar-refractivity contribution < 1.29 is 4.99 Å². The molecule has 1 aliphatic rings. The summed E-state index contributed by atoms with van der Waals surface area (Å²) in [5.41, 5.74) is 1.16. The van der Waals surface area contributed by atoms with Crippen LogP contribution in [0.4, 0.5) is 0 Å². The second-order valence-electron chi connectivity index (χ2n) is 2.74. The van der Waals surface area contributed by atoms with Crippen molar-refractivity contribution in [3.05, 3.63) is 34.9 Å². The van der Waals surface area contributed by atoms with Gasteiger partial charge in [0.05, 0.1) is 5.56 Å². The topological polar surface area (TPSA) is 26.0 Å². The van der Waals surface area contributed by atoms with Crippen LogP contribution in [0, 0.1) is 0 Å². The minimum absolute atomic E-state index is 0.775. The van der Waals surface area contributed by atoms with Gasteiger partial charge in [-0.15, -0.1) is 0 Å². The van der Waals surface area contributed by atoms with Gasteiger partial charge in [-0.3, -0.25) is 10.3 Å². The lowest BCUT2D eigenvalue weighted by Crippen LogP contribution is -2.70. The van der Waals surface area contributed by atoms with E-state index in [9.17, 15) is 0 Å². The molecule has 2 rings (SSSR count). The summed E-state index contributed by atoms with van der Waals surface area (Å²) in [6, 6.07) is 7.79. The van der Waals surface area contributed by atoms with Crippen LogP contribution in [-0.4, -0.2) is 18.9 Å². The van der Waals surface area contributed by atoms with Crippen molar-refractivity contribution in [3.8, 4) is 0 Å². The third kappa shape index (κ3) is 1.43. The Bertz CT molecular complexity index is 303. The van der Waals surface area contributed by atoms with Crippen molar-refractivity contribution in [2.45, 2.75) is 0 Å². The fraction of sp³-hybridized carbons (Fsp3) is 0.222. The minimum Gasteiger partial charge on any atom is -0.270 e.